The molecule has 1 aromatic carbocycles. The first-order valence-corrected chi connectivity index (χ1v) is 14.4. The molecule has 11 heteroatoms. The van der Waals surface area contributed by atoms with Crippen LogP contribution in [0, 0.1) is 22.0 Å². The molecule has 11 nitrogen and oxygen atoms in total. The van der Waals surface area contributed by atoms with Gasteiger partial charge in [-0.05, 0) is 63.4 Å². The molecule has 0 aromatic heterocycles. The topological polar surface area (TPSA) is 157 Å². The molecule has 0 saturated heterocycles. The Bertz CT molecular complexity index is 970. The van der Waals surface area contributed by atoms with Crippen molar-refractivity contribution < 1.29 is 39.2 Å². The van der Waals surface area contributed by atoms with E-state index in [-0.39, 0.29) is 37.4 Å². The third kappa shape index (κ3) is 14.1. The van der Waals surface area contributed by atoms with E-state index in [1.54, 1.807) is 6.08 Å². The Hall–Kier alpha value is -3.44. The van der Waals surface area contributed by atoms with Crippen molar-refractivity contribution in [2.75, 3.05) is 19.8 Å². The third-order valence-corrected chi connectivity index (χ3v) is 6.95. The van der Waals surface area contributed by atoms with Gasteiger partial charge in [0.1, 0.15) is 6.10 Å². The number of hydrogen-bond acceptors (Lipinski definition) is 9. The van der Waals surface area contributed by atoms with E-state index in [0.29, 0.717) is 45.1 Å². The number of carbonyl (C=O) groups excluding carboxylic acids is 2. The minimum atomic E-state index is -0.873. The zero-order chi connectivity index (χ0) is 29.9. The SMILES string of the molecule is CCNC(=O)CCC/C=C\C[C@H]1C(O)CC(OC(=O)OCCCCO[N+](=O)[O-])C1/C=C/[C@@H](O)CCc1ccccc1. The fourth-order valence-electron chi connectivity index (χ4n) is 4.82. The molecular formula is C30H44N2O9. The van der Waals surface area contributed by atoms with E-state index in [0.717, 1.165) is 18.4 Å². The van der Waals surface area contributed by atoms with Crippen LogP contribution in [0.25, 0.3) is 0 Å². The summed E-state index contributed by atoms with van der Waals surface area (Å²) in [5.41, 5.74) is 1.13. The summed E-state index contributed by atoms with van der Waals surface area (Å²) >= 11 is 0. The Morgan fingerprint density at radius 3 is 2.66 bits per heavy atom. The van der Waals surface area contributed by atoms with Gasteiger partial charge in [-0.15, -0.1) is 10.1 Å². The van der Waals surface area contributed by atoms with Gasteiger partial charge in [0.15, 0.2) is 0 Å². The van der Waals surface area contributed by atoms with Gasteiger partial charge < -0.3 is 29.8 Å². The van der Waals surface area contributed by atoms with Crippen LogP contribution < -0.4 is 5.32 Å². The van der Waals surface area contributed by atoms with Crippen molar-refractivity contribution in [1.82, 2.24) is 5.32 Å². The van der Waals surface area contributed by atoms with E-state index < -0.39 is 29.6 Å². The van der Waals surface area contributed by atoms with Crippen LogP contribution in [-0.2, 0) is 25.5 Å². The van der Waals surface area contributed by atoms with Gasteiger partial charge in [-0.25, -0.2) is 4.79 Å². The molecular weight excluding hydrogens is 532 g/mol. The molecule has 228 valence electrons. The molecule has 3 N–H and O–H groups in total. The number of aryl methyl sites for hydroxylation is 1. The standard InChI is InChI=1S/C30H44N2O9/c1-2-31-29(35)15-9-4-3-8-14-25-26(19-18-24(33)17-16-23-12-6-5-7-13-23)28(22-27(25)34)41-30(36)39-20-10-11-21-40-32(37)38/h3,5-8,12-13,18-19,24-28,33-34H,2,4,9-11,14-17,20-22H2,1H3,(H,31,35)/b8-3-,19-18+/t24-,25+,26?,27?,28?/m0/s1. The molecule has 0 radical (unpaired) electrons. The van der Waals surface area contributed by atoms with Gasteiger partial charge in [-0.1, -0.05) is 54.6 Å². The second kappa shape index (κ2) is 19.6. The molecule has 1 saturated carbocycles. The summed E-state index contributed by atoms with van der Waals surface area (Å²) in [6.45, 7) is 2.43. The van der Waals surface area contributed by atoms with Crippen LogP contribution in [0.1, 0.15) is 63.9 Å². The molecule has 3 unspecified atom stereocenters. The van der Waals surface area contributed by atoms with E-state index in [1.165, 1.54) is 0 Å². The smallest absolute Gasteiger partial charge is 0.434 e. The van der Waals surface area contributed by atoms with Crippen molar-refractivity contribution in [2.45, 2.75) is 83.0 Å². The van der Waals surface area contributed by atoms with Crippen LogP contribution in [0.4, 0.5) is 4.79 Å². The Labute approximate surface area is 241 Å². The molecule has 0 bridgehead atoms. The zero-order valence-electron chi connectivity index (χ0n) is 23.8. The lowest BCUT2D eigenvalue weighted by atomic mass is 9.89. The van der Waals surface area contributed by atoms with Crippen molar-refractivity contribution in [1.29, 1.82) is 0 Å². The molecule has 0 spiro atoms. The van der Waals surface area contributed by atoms with E-state index in [4.69, 9.17) is 9.47 Å². The highest BCUT2D eigenvalue weighted by molar-refractivity contribution is 5.75. The number of nitrogens with one attached hydrogen (secondary N) is 1. The van der Waals surface area contributed by atoms with Crippen molar-refractivity contribution >= 4 is 12.1 Å². The fraction of sp³-hybridized carbons (Fsp3) is 0.600. The quantitative estimate of drug-likeness (QED) is 0.0718. The number of unbranched alkanes of at least 4 members (excludes halogenated alkanes) is 2. The summed E-state index contributed by atoms with van der Waals surface area (Å²) < 4.78 is 10.7. The van der Waals surface area contributed by atoms with Crippen molar-refractivity contribution in [3.63, 3.8) is 0 Å². The first-order valence-electron chi connectivity index (χ1n) is 14.4. The Morgan fingerprint density at radius 1 is 1.17 bits per heavy atom. The summed E-state index contributed by atoms with van der Waals surface area (Å²) in [6, 6.07) is 9.87. The number of hydrogen-bond donors (Lipinski definition) is 3. The maximum absolute atomic E-state index is 12.3. The van der Waals surface area contributed by atoms with Gasteiger partial charge in [-0.3, -0.25) is 4.79 Å². The Morgan fingerprint density at radius 2 is 1.93 bits per heavy atom. The largest absolute Gasteiger partial charge is 0.508 e. The Kier molecular flexibility index (Phi) is 16.1. The summed E-state index contributed by atoms with van der Waals surface area (Å²) in [4.78, 5) is 38.4. The van der Waals surface area contributed by atoms with Crippen molar-refractivity contribution in [2.24, 2.45) is 11.8 Å². The lowest BCUT2D eigenvalue weighted by Crippen LogP contribution is -2.25. The summed E-state index contributed by atoms with van der Waals surface area (Å²) in [6.07, 6.45) is 9.22. The third-order valence-electron chi connectivity index (χ3n) is 6.95. The van der Waals surface area contributed by atoms with Crippen LogP contribution >= 0.6 is 0 Å². The average Bonchev–Trinajstić information content (AvgIpc) is 3.23. The average molecular weight is 577 g/mol. The van der Waals surface area contributed by atoms with Gasteiger partial charge in [0.25, 0.3) is 5.09 Å². The molecule has 1 amide bonds. The number of amides is 1. The second-order valence-electron chi connectivity index (χ2n) is 10.1. The highest BCUT2D eigenvalue weighted by Gasteiger charge is 2.43. The lowest BCUT2D eigenvalue weighted by molar-refractivity contribution is -0.757. The number of carbonyl (C=O) groups is 2. The van der Waals surface area contributed by atoms with Gasteiger partial charge in [-0.2, -0.15) is 0 Å². The molecule has 1 aromatic rings. The maximum Gasteiger partial charge on any atom is 0.508 e. The maximum atomic E-state index is 12.3. The van der Waals surface area contributed by atoms with E-state index in [9.17, 15) is 29.9 Å². The predicted molar refractivity (Wildman–Crippen MR) is 152 cm³/mol. The van der Waals surface area contributed by atoms with Gasteiger partial charge in [0.2, 0.25) is 5.91 Å². The van der Waals surface area contributed by atoms with Crippen molar-refractivity contribution in [3.8, 4) is 0 Å². The second-order valence-corrected chi connectivity index (χ2v) is 10.1. The van der Waals surface area contributed by atoms with Crippen LogP contribution in [0.3, 0.4) is 0 Å². The van der Waals surface area contributed by atoms with Crippen LogP contribution in [0.2, 0.25) is 0 Å². The summed E-state index contributed by atoms with van der Waals surface area (Å²) in [5.74, 6) is -0.540. The van der Waals surface area contributed by atoms with Crippen molar-refractivity contribution in [3.05, 3.63) is 70.3 Å². The molecule has 41 heavy (non-hydrogen) atoms. The normalized spacial score (nSPS) is 21.1. The summed E-state index contributed by atoms with van der Waals surface area (Å²) in [5, 5.41) is 33.5. The van der Waals surface area contributed by atoms with Crippen LogP contribution in [0.15, 0.2) is 54.6 Å². The van der Waals surface area contributed by atoms with Crippen LogP contribution in [-0.4, -0.2) is 65.4 Å². The molecule has 0 aliphatic heterocycles. The summed E-state index contributed by atoms with van der Waals surface area (Å²) in [7, 11) is 0. The van der Waals surface area contributed by atoms with E-state index in [2.05, 4.69) is 10.2 Å². The minimum Gasteiger partial charge on any atom is -0.434 e. The zero-order valence-corrected chi connectivity index (χ0v) is 23.8. The monoisotopic (exact) mass is 576 g/mol. The first kappa shape index (κ1) is 33.8. The number of aliphatic hydroxyl groups is 2. The number of rotatable bonds is 19. The first-order chi connectivity index (χ1) is 19.8. The van der Waals surface area contributed by atoms with Crippen LogP contribution in [0.5, 0.6) is 0 Å². The molecule has 1 fully saturated rings. The number of allylic oxidation sites excluding steroid dienone is 2. The predicted octanol–water partition coefficient (Wildman–Crippen LogP) is 4.30. The van der Waals surface area contributed by atoms with E-state index in [1.807, 2.05) is 55.5 Å². The molecule has 0 heterocycles. The minimum absolute atomic E-state index is 0.0241. The van der Waals surface area contributed by atoms with E-state index >= 15 is 0 Å². The molecule has 2 rings (SSSR count). The lowest BCUT2D eigenvalue weighted by Gasteiger charge is -2.22. The number of aliphatic hydroxyl groups excluding tert-OH is 2. The molecule has 1 aliphatic carbocycles. The Balaban J connectivity index is 1.93. The highest BCUT2D eigenvalue weighted by atomic mass is 16.9. The van der Waals surface area contributed by atoms with Gasteiger partial charge in [0, 0.05) is 25.3 Å². The highest BCUT2D eigenvalue weighted by Crippen LogP contribution is 2.38. The van der Waals surface area contributed by atoms with Gasteiger partial charge in [0.05, 0.1) is 25.4 Å². The molecule has 1 aliphatic rings. The number of benzene rings is 1. The fourth-order valence-corrected chi connectivity index (χ4v) is 4.82. The number of ether oxygens (including phenoxy) is 2. The number of nitrogens with zero attached hydrogens (tertiary/aromatic N) is 1. The van der Waals surface area contributed by atoms with Gasteiger partial charge >= 0.3 is 6.16 Å². The molecule has 5 atom stereocenters.